The van der Waals surface area contributed by atoms with Crippen molar-refractivity contribution in [3.8, 4) is 0 Å². The summed E-state index contributed by atoms with van der Waals surface area (Å²) < 4.78 is 38.4. The molecule has 0 saturated carbocycles. The Hall–Kier alpha value is -1.03. The summed E-state index contributed by atoms with van der Waals surface area (Å²) in [7, 11) is 0. The van der Waals surface area contributed by atoms with Crippen LogP contribution in [-0.2, 0) is 6.42 Å². The quantitative estimate of drug-likeness (QED) is 0.749. The van der Waals surface area contributed by atoms with Gasteiger partial charge in [-0.05, 0) is 30.5 Å². The largest absolute Gasteiger partial charge is 0.330 e. The third-order valence-corrected chi connectivity index (χ3v) is 2.09. The highest BCUT2D eigenvalue weighted by Crippen LogP contribution is 2.17. The maximum atomic E-state index is 13.1. The molecule has 1 nitrogen and oxygen atoms in total. The standard InChI is InChI=1S/C10H12F3N/c1-6(5-14)4-7-2-3-8(11)10(13)9(7)12/h2-3,6H,4-5,14H2,1H3. The molecule has 0 saturated heterocycles. The van der Waals surface area contributed by atoms with Gasteiger partial charge in [-0.3, -0.25) is 0 Å². The lowest BCUT2D eigenvalue weighted by Crippen LogP contribution is -2.14. The van der Waals surface area contributed by atoms with Crippen molar-refractivity contribution < 1.29 is 13.2 Å². The molecule has 0 bridgehead atoms. The maximum absolute atomic E-state index is 13.1. The van der Waals surface area contributed by atoms with Crippen LogP contribution in [0.3, 0.4) is 0 Å². The van der Waals surface area contributed by atoms with Gasteiger partial charge in [0.1, 0.15) is 0 Å². The van der Waals surface area contributed by atoms with Gasteiger partial charge >= 0.3 is 0 Å². The molecule has 78 valence electrons. The average molecular weight is 203 g/mol. The summed E-state index contributed by atoms with van der Waals surface area (Å²) in [6.45, 7) is 2.21. The minimum absolute atomic E-state index is 0.0503. The van der Waals surface area contributed by atoms with E-state index in [4.69, 9.17) is 5.73 Å². The molecule has 1 aromatic carbocycles. The summed E-state index contributed by atoms with van der Waals surface area (Å²) in [6, 6.07) is 2.18. The molecule has 0 aliphatic carbocycles. The summed E-state index contributed by atoms with van der Waals surface area (Å²) in [6.07, 6.45) is 0.319. The van der Waals surface area contributed by atoms with E-state index in [1.165, 1.54) is 6.07 Å². The minimum Gasteiger partial charge on any atom is -0.330 e. The van der Waals surface area contributed by atoms with E-state index in [-0.39, 0.29) is 11.5 Å². The molecule has 0 aliphatic rings. The van der Waals surface area contributed by atoms with E-state index in [2.05, 4.69) is 0 Å². The van der Waals surface area contributed by atoms with Crippen LogP contribution in [0.15, 0.2) is 12.1 Å². The SMILES string of the molecule is CC(CN)Cc1ccc(F)c(F)c1F. The molecular formula is C10H12F3N. The molecule has 0 aliphatic heterocycles. The van der Waals surface area contributed by atoms with E-state index in [0.717, 1.165) is 6.07 Å². The number of halogens is 3. The molecule has 0 radical (unpaired) electrons. The summed E-state index contributed by atoms with van der Waals surface area (Å²) in [4.78, 5) is 0. The Morgan fingerprint density at radius 2 is 1.86 bits per heavy atom. The number of hydrogen-bond acceptors (Lipinski definition) is 1. The molecule has 1 unspecified atom stereocenters. The zero-order valence-corrected chi connectivity index (χ0v) is 7.86. The van der Waals surface area contributed by atoms with Gasteiger partial charge in [-0.25, -0.2) is 13.2 Å². The van der Waals surface area contributed by atoms with Crippen molar-refractivity contribution in [1.29, 1.82) is 0 Å². The molecule has 0 fully saturated rings. The highest BCUT2D eigenvalue weighted by atomic mass is 19.2. The van der Waals surface area contributed by atoms with Gasteiger partial charge in [0.05, 0.1) is 0 Å². The monoisotopic (exact) mass is 203 g/mol. The van der Waals surface area contributed by atoms with Gasteiger partial charge in [0.15, 0.2) is 17.5 Å². The van der Waals surface area contributed by atoms with Crippen LogP contribution < -0.4 is 5.73 Å². The first-order valence-electron chi connectivity index (χ1n) is 4.38. The molecule has 0 aromatic heterocycles. The fraction of sp³-hybridized carbons (Fsp3) is 0.400. The van der Waals surface area contributed by atoms with E-state index in [0.29, 0.717) is 13.0 Å². The Kier molecular flexibility index (Phi) is 3.52. The second kappa shape index (κ2) is 4.46. The normalized spacial score (nSPS) is 12.9. The molecule has 1 atom stereocenters. The van der Waals surface area contributed by atoms with E-state index in [1.807, 2.05) is 6.92 Å². The van der Waals surface area contributed by atoms with Gasteiger partial charge in [-0.1, -0.05) is 13.0 Å². The van der Waals surface area contributed by atoms with Gasteiger partial charge in [0.2, 0.25) is 0 Å². The number of benzene rings is 1. The molecule has 2 N–H and O–H groups in total. The maximum Gasteiger partial charge on any atom is 0.194 e. The molecular weight excluding hydrogens is 191 g/mol. The smallest absolute Gasteiger partial charge is 0.194 e. The lowest BCUT2D eigenvalue weighted by molar-refractivity contribution is 0.435. The predicted octanol–water partition coefficient (Wildman–Crippen LogP) is 2.24. The van der Waals surface area contributed by atoms with Crippen LogP contribution in [0.4, 0.5) is 13.2 Å². The highest BCUT2D eigenvalue weighted by molar-refractivity contribution is 5.20. The van der Waals surface area contributed by atoms with Crippen molar-refractivity contribution in [2.75, 3.05) is 6.54 Å². The van der Waals surface area contributed by atoms with Crippen LogP contribution in [0.25, 0.3) is 0 Å². The second-order valence-corrected chi connectivity index (χ2v) is 3.38. The van der Waals surface area contributed by atoms with Crippen LogP contribution in [0.5, 0.6) is 0 Å². The number of rotatable bonds is 3. The second-order valence-electron chi connectivity index (χ2n) is 3.38. The Balaban J connectivity index is 2.94. The first-order valence-corrected chi connectivity index (χ1v) is 4.38. The molecule has 1 aromatic rings. The van der Waals surface area contributed by atoms with E-state index >= 15 is 0 Å². The van der Waals surface area contributed by atoms with Crippen molar-refractivity contribution in [3.63, 3.8) is 0 Å². The summed E-state index contributed by atoms with van der Waals surface area (Å²) in [5.41, 5.74) is 5.52. The Labute approximate surface area is 80.7 Å². The molecule has 4 heteroatoms. The van der Waals surface area contributed by atoms with Crippen LogP contribution >= 0.6 is 0 Å². The van der Waals surface area contributed by atoms with Crippen LogP contribution in [0.1, 0.15) is 12.5 Å². The third-order valence-electron chi connectivity index (χ3n) is 2.09. The van der Waals surface area contributed by atoms with Crippen molar-refractivity contribution >= 4 is 0 Å². The molecule has 0 spiro atoms. The zero-order valence-electron chi connectivity index (χ0n) is 7.86. The van der Waals surface area contributed by atoms with Gasteiger partial charge < -0.3 is 5.73 Å². The zero-order chi connectivity index (χ0) is 10.7. The molecule has 1 rings (SSSR count). The van der Waals surface area contributed by atoms with Crippen LogP contribution in [0, 0.1) is 23.4 Å². The van der Waals surface area contributed by atoms with Gasteiger partial charge in [-0.2, -0.15) is 0 Å². The third kappa shape index (κ3) is 2.26. The predicted molar refractivity (Wildman–Crippen MR) is 48.2 cm³/mol. The van der Waals surface area contributed by atoms with Gasteiger partial charge in [0, 0.05) is 0 Å². The highest BCUT2D eigenvalue weighted by Gasteiger charge is 2.14. The molecule has 0 heterocycles. The van der Waals surface area contributed by atoms with Gasteiger partial charge in [-0.15, -0.1) is 0 Å². The Bertz CT molecular complexity index is 325. The average Bonchev–Trinajstić information content (AvgIpc) is 2.19. The van der Waals surface area contributed by atoms with Crippen LogP contribution in [0.2, 0.25) is 0 Å². The summed E-state index contributed by atoms with van der Waals surface area (Å²) in [5.74, 6) is -3.63. The first-order chi connectivity index (χ1) is 6.56. The van der Waals surface area contributed by atoms with Crippen LogP contribution in [-0.4, -0.2) is 6.54 Å². The van der Waals surface area contributed by atoms with E-state index < -0.39 is 17.5 Å². The lowest BCUT2D eigenvalue weighted by Gasteiger charge is -2.09. The number of hydrogen-bond donors (Lipinski definition) is 1. The minimum atomic E-state index is -1.41. The fourth-order valence-electron chi connectivity index (χ4n) is 1.18. The molecule has 0 amide bonds. The first kappa shape index (κ1) is 11.0. The van der Waals surface area contributed by atoms with Gasteiger partial charge in [0.25, 0.3) is 0 Å². The summed E-state index contributed by atoms with van der Waals surface area (Å²) >= 11 is 0. The summed E-state index contributed by atoms with van der Waals surface area (Å²) in [5, 5.41) is 0. The van der Waals surface area contributed by atoms with E-state index in [9.17, 15) is 13.2 Å². The van der Waals surface area contributed by atoms with E-state index in [1.54, 1.807) is 0 Å². The van der Waals surface area contributed by atoms with Crippen molar-refractivity contribution in [3.05, 3.63) is 35.1 Å². The Morgan fingerprint density at radius 1 is 1.21 bits per heavy atom. The number of nitrogens with two attached hydrogens (primary N) is 1. The topological polar surface area (TPSA) is 26.0 Å². The van der Waals surface area contributed by atoms with Crippen molar-refractivity contribution in [2.45, 2.75) is 13.3 Å². The molecule has 14 heavy (non-hydrogen) atoms. The Morgan fingerprint density at radius 3 is 2.43 bits per heavy atom. The van der Waals surface area contributed by atoms with Crippen molar-refractivity contribution in [1.82, 2.24) is 0 Å². The lowest BCUT2D eigenvalue weighted by atomic mass is 10.0. The fourth-order valence-corrected chi connectivity index (χ4v) is 1.18. The van der Waals surface area contributed by atoms with Crippen molar-refractivity contribution in [2.24, 2.45) is 11.7 Å².